The SMILES string of the molecule is CN(C)CCCNC(=O)c1cc([N+](=O)[O-])c(Cl)c([N+](=O)[O-])c1. The molecule has 0 aliphatic rings. The van der Waals surface area contributed by atoms with E-state index < -0.39 is 32.2 Å². The first-order chi connectivity index (χ1) is 10.2. The molecule has 0 saturated carbocycles. The van der Waals surface area contributed by atoms with E-state index in [1.807, 2.05) is 19.0 Å². The highest BCUT2D eigenvalue weighted by atomic mass is 35.5. The quantitative estimate of drug-likeness (QED) is 0.463. The molecule has 0 heterocycles. The van der Waals surface area contributed by atoms with E-state index in [0.29, 0.717) is 13.0 Å². The third-order valence-electron chi connectivity index (χ3n) is 2.76. The molecule has 0 aromatic heterocycles. The number of benzene rings is 1. The molecule has 10 heteroatoms. The summed E-state index contributed by atoms with van der Waals surface area (Å²) < 4.78 is 0. The second-order valence-corrected chi connectivity index (χ2v) is 5.13. The zero-order valence-corrected chi connectivity index (χ0v) is 12.8. The van der Waals surface area contributed by atoms with Crippen molar-refractivity contribution >= 4 is 28.9 Å². The summed E-state index contributed by atoms with van der Waals surface area (Å²) in [6, 6.07) is 1.85. The van der Waals surface area contributed by atoms with Crippen molar-refractivity contribution in [2.45, 2.75) is 6.42 Å². The van der Waals surface area contributed by atoms with Gasteiger partial charge >= 0.3 is 0 Å². The Labute approximate surface area is 131 Å². The van der Waals surface area contributed by atoms with E-state index in [9.17, 15) is 25.0 Å². The summed E-state index contributed by atoms with van der Waals surface area (Å²) in [7, 11) is 3.77. The van der Waals surface area contributed by atoms with Crippen LogP contribution in [-0.2, 0) is 0 Å². The second-order valence-electron chi connectivity index (χ2n) is 4.76. The number of halogens is 1. The molecule has 1 N–H and O–H groups in total. The van der Waals surface area contributed by atoms with Crippen LogP contribution in [0.15, 0.2) is 12.1 Å². The minimum atomic E-state index is -0.863. The Morgan fingerprint density at radius 3 is 2.14 bits per heavy atom. The van der Waals surface area contributed by atoms with Crippen molar-refractivity contribution in [1.29, 1.82) is 0 Å². The number of nitro groups is 2. The minimum absolute atomic E-state index is 0.173. The van der Waals surface area contributed by atoms with Gasteiger partial charge in [0.2, 0.25) is 0 Å². The molecule has 0 aliphatic carbocycles. The van der Waals surface area contributed by atoms with Gasteiger partial charge in [0.05, 0.1) is 15.4 Å². The van der Waals surface area contributed by atoms with Crippen molar-refractivity contribution in [2.24, 2.45) is 0 Å². The highest BCUT2D eigenvalue weighted by Gasteiger charge is 2.27. The van der Waals surface area contributed by atoms with Crippen molar-refractivity contribution in [3.05, 3.63) is 42.9 Å². The van der Waals surface area contributed by atoms with Crippen LogP contribution in [0.5, 0.6) is 0 Å². The molecule has 0 radical (unpaired) electrons. The number of hydrogen-bond donors (Lipinski definition) is 1. The van der Waals surface area contributed by atoms with Gasteiger partial charge in [0.1, 0.15) is 0 Å². The molecule has 0 aliphatic heterocycles. The molecule has 0 bridgehead atoms. The zero-order chi connectivity index (χ0) is 16.9. The fourth-order valence-corrected chi connectivity index (χ4v) is 1.94. The number of hydrogen-bond acceptors (Lipinski definition) is 6. The van der Waals surface area contributed by atoms with Gasteiger partial charge in [0, 0.05) is 18.7 Å². The number of nitro benzene ring substituents is 2. The molecule has 22 heavy (non-hydrogen) atoms. The molecule has 9 nitrogen and oxygen atoms in total. The van der Waals surface area contributed by atoms with Gasteiger partial charge in [-0.3, -0.25) is 25.0 Å². The Morgan fingerprint density at radius 2 is 1.73 bits per heavy atom. The molecule has 0 unspecified atom stereocenters. The number of carbonyl (C=O) groups is 1. The Hall–Kier alpha value is -2.26. The first kappa shape index (κ1) is 17.8. The van der Waals surface area contributed by atoms with Crippen molar-refractivity contribution in [2.75, 3.05) is 27.2 Å². The molecular formula is C12H15ClN4O5. The molecule has 1 amide bonds. The van der Waals surface area contributed by atoms with Crippen LogP contribution in [0, 0.1) is 20.2 Å². The summed E-state index contributed by atoms with van der Waals surface area (Å²) in [5.74, 6) is -0.623. The number of nitrogens with one attached hydrogen (secondary N) is 1. The fourth-order valence-electron chi connectivity index (χ4n) is 1.69. The maximum Gasteiger partial charge on any atom is 0.295 e. The van der Waals surface area contributed by atoms with Gasteiger partial charge in [0.25, 0.3) is 17.3 Å². The highest BCUT2D eigenvalue weighted by Crippen LogP contribution is 2.34. The van der Waals surface area contributed by atoms with Gasteiger partial charge in [-0.25, -0.2) is 0 Å². The molecule has 0 fully saturated rings. The highest BCUT2D eigenvalue weighted by molar-refractivity contribution is 6.35. The molecule has 0 spiro atoms. The number of nitrogens with zero attached hydrogens (tertiary/aromatic N) is 3. The Balaban J connectivity index is 2.96. The van der Waals surface area contributed by atoms with E-state index in [0.717, 1.165) is 18.7 Å². The predicted molar refractivity (Wildman–Crippen MR) is 80.3 cm³/mol. The summed E-state index contributed by atoms with van der Waals surface area (Å²) in [4.78, 5) is 33.9. The summed E-state index contributed by atoms with van der Waals surface area (Å²) >= 11 is 5.62. The predicted octanol–water partition coefficient (Wildman–Crippen LogP) is 1.84. The van der Waals surface area contributed by atoms with Crippen molar-refractivity contribution in [3.63, 3.8) is 0 Å². The first-order valence-corrected chi connectivity index (χ1v) is 6.67. The number of rotatable bonds is 7. The van der Waals surface area contributed by atoms with Crippen LogP contribution >= 0.6 is 11.6 Å². The van der Waals surface area contributed by atoms with Crippen molar-refractivity contribution in [3.8, 4) is 0 Å². The Morgan fingerprint density at radius 1 is 1.23 bits per heavy atom. The van der Waals surface area contributed by atoms with Gasteiger partial charge in [-0.05, 0) is 27.1 Å². The summed E-state index contributed by atoms with van der Waals surface area (Å²) in [5, 5.41) is 23.7. The average Bonchev–Trinajstić information content (AvgIpc) is 2.42. The Bertz CT molecular complexity index is 570. The zero-order valence-electron chi connectivity index (χ0n) is 12.0. The van der Waals surface area contributed by atoms with Gasteiger partial charge in [-0.1, -0.05) is 11.6 Å². The Kier molecular flexibility index (Phi) is 6.20. The van der Waals surface area contributed by atoms with Crippen LogP contribution in [0.1, 0.15) is 16.8 Å². The van der Waals surface area contributed by atoms with Crippen LogP contribution in [0.3, 0.4) is 0 Å². The lowest BCUT2D eigenvalue weighted by Gasteiger charge is -2.10. The molecule has 1 aromatic carbocycles. The lowest BCUT2D eigenvalue weighted by Crippen LogP contribution is -2.27. The summed E-state index contributed by atoms with van der Waals surface area (Å²) in [5.41, 5.74) is -1.52. The van der Waals surface area contributed by atoms with E-state index in [-0.39, 0.29) is 5.56 Å². The second kappa shape index (κ2) is 7.66. The average molecular weight is 331 g/mol. The van der Waals surface area contributed by atoms with E-state index in [1.54, 1.807) is 0 Å². The van der Waals surface area contributed by atoms with E-state index in [2.05, 4.69) is 5.32 Å². The standard InChI is InChI=1S/C12H15ClN4O5/c1-15(2)5-3-4-14-12(18)8-6-9(16(19)20)11(13)10(7-8)17(21)22/h6-7H,3-5H2,1-2H3,(H,14,18). The summed E-state index contributed by atoms with van der Waals surface area (Å²) in [6.45, 7) is 1.10. The first-order valence-electron chi connectivity index (χ1n) is 6.29. The maximum absolute atomic E-state index is 11.9. The van der Waals surface area contributed by atoms with Gasteiger partial charge < -0.3 is 10.2 Å². The number of amides is 1. The molecule has 0 atom stereocenters. The molecule has 1 rings (SSSR count). The van der Waals surface area contributed by atoms with E-state index >= 15 is 0 Å². The number of carbonyl (C=O) groups excluding carboxylic acids is 1. The maximum atomic E-state index is 11.9. The fraction of sp³-hybridized carbons (Fsp3) is 0.417. The van der Waals surface area contributed by atoms with Crippen LogP contribution in [0.4, 0.5) is 11.4 Å². The van der Waals surface area contributed by atoms with Crippen molar-refractivity contribution in [1.82, 2.24) is 10.2 Å². The van der Waals surface area contributed by atoms with E-state index in [1.165, 1.54) is 0 Å². The minimum Gasteiger partial charge on any atom is -0.352 e. The molecule has 0 saturated heterocycles. The van der Waals surface area contributed by atoms with Crippen LogP contribution in [0.25, 0.3) is 0 Å². The van der Waals surface area contributed by atoms with Crippen LogP contribution < -0.4 is 5.32 Å². The van der Waals surface area contributed by atoms with E-state index in [4.69, 9.17) is 11.6 Å². The van der Waals surface area contributed by atoms with Gasteiger partial charge in [-0.2, -0.15) is 0 Å². The lowest BCUT2D eigenvalue weighted by atomic mass is 10.1. The van der Waals surface area contributed by atoms with Crippen LogP contribution in [-0.4, -0.2) is 47.8 Å². The van der Waals surface area contributed by atoms with Crippen molar-refractivity contribution < 1.29 is 14.6 Å². The largest absolute Gasteiger partial charge is 0.352 e. The third kappa shape index (κ3) is 4.64. The van der Waals surface area contributed by atoms with Gasteiger partial charge in [0.15, 0.2) is 5.02 Å². The van der Waals surface area contributed by atoms with Gasteiger partial charge in [-0.15, -0.1) is 0 Å². The molecular weight excluding hydrogens is 316 g/mol. The normalized spacial score (nSPS) is 10.5. The molecule has 120 valence electrons. The smallest absolute Gasteiger partial charge is 0.295 e. The molecule has 1 aromatic rings. The summed E-state index contributed by atoms with van der Waals surface area (Å²) in [6.07, 6.45) is 0.677. The van der Waals surface area contributed by atoms with Crippen LogP contribution in [0.2, 0.25) is 5.02 Å². The monoisotopic (exact) mass is 330 g/mol. The lowest BCUT2D eigenvalue weighted by molar-refractivity contribution is -0.393. The third-order valence-corrected chi connectivity index (χ3v) is 3.14. The topological polar surface area (TPSA) is 119 Å².